The van der Waals surface area contributed by atoms with E-state index < -0.39 is 17.8 Å². The number of carbonyl (C=O) groups is 1. The van der Waals surface area contributed by atoms with E-state index >= 15 is 0 Å². The standard InChI is InChI=1S/C16H16FNO3/c1-21-12-7-8-14(13(17)10-12)18-15(16(19)20)9-11-5-3-2-4-6-11/h2-8,10,15,18H,9H2,1H3,(H,19,20). The van der Waals surface area contributed by atoms with Crippen molar-refractivity contribution in [1.82, 2.24) is 0 Å². The number of ether oxygens (including phenoxy) is 1. The molecule has 2 rings (SSSR count). The lowest BCUT2D eigenvalue weighted by Gasteiger charge is -2.16. The molecule has 0 spiro atoms. The van der Waals surface area contributed by atoms with Crippen molar-refractivity contribution in [3.05, 3.63) is 59.9 Å². The van der Waals surface area contributed by atoms with Gasteiger partial charge in [0.2, 0.25) is 0 Å². The summed E-state index contributed by atoms with van der Waals surface area (Å²) in [5.74, 6) is -1.20. The quantitative estimate of drug-likeness (QED) is 0.858. The molecule has 21 heavy (non-hydrogen) atoms. The van der Waals surface area contributed by atoms with E-state index in [4.69, 9.17) is 4.74 Å². The van der Waals surface area contributed by atoms with Crippen LogP contribution in [-0.2, 0) is 11.2 Å². The highest BCUT2D eigenvalue weighted by atomic mass is 19.1. The Kier molecular flexibility index (Phi) is 4.77. The van der Waals surface area contributed by atoms with Gasteiger partial charge in [0, 0.05) is 12.5 Å². The lowest BCUT2D eigenvalue weighted by atomic mass is 10.1. The number of hydrogen-bond donors (Lipinski definition) is 2. The van der Waals surface area contributed by atoms with E-state index in [1.807, 2.05) is 30.3 Å². The SMILES string of the molecule is COc1ccc(NC(Cc2ccccc2)C(=O)O)c(F)c1. The van der Waals surface area contributed by atoms with Crippen LogP contribution in [0.5, 0.6) is 5.75 Å². The largest absolute Gasteiger partial charge is 0.497 e. The number of carboxylic acid groups (broad SMARTS) is 1. The minimum atomic E-state index is -1.03. The Morgan fingerprint density at radius 2 is 2.00 bits per heavy atom. The van der Waals surface area contributed by atoms with Gasteiger partial charge in [0.1, 0.15) is 17.6 Å². The molecule has 0 aliphatic heterocycles. The fraction of sp³-hybridized carbons (Fsp3) is 0.188. The second kappa shape index (κ2) is 6.74. The molecular formula is C16H16FNO3. The van der Waals surface area contributed by atoms with E-state index in [0.29, 0.717) is 5.75 Å². The lowest BCUT2D eigenvalue weighted by molar-refractivity contribution is -0.137. The predicted octanol–water partition coefficient (Wildman–Crippen LogP) is 2.94. The molecule has 0 radical (unpaired) electrons. The van der Waals surface area contributed by atoms with Gasteiger partial charge in [-0.2, -0.15) is 0 Å². The van der Waals surface area contributed by atoms with Gasteiger partial charge in [-0.15, -0.1) is 0 Å². The van der Waals surface area contributed by atoms with E-state index in [2.05, 4.69) is 5.32 Å². The third kappa shape index (κ3) is 3.95. The third-order valence-corrected chi connectivity index (χ3v) is 3.09. The summed E-state index contributed by atoms with van der Waals surface area (Å²) in [6, 6.07) is 12.5. The average molecular weight is 289 g/mol. The molecule has 2 aromatic rings. The Bertz CT molecular complexity index is 616. The Labute approximate surface area is 122 Å². The van der Waals surface area contributed by atoms with Crippen LogP contribution in [0.25, 0.3) is 0 Å². The molecule has 2 aromatic carbocycles. The molecule has 1 unspecified atom stereocenters. The van der Waals surface area contributed by atoms with Crippen LogP contribution in [0.2, 0.25) is 0 Å². The molecule has 110 valence electrons. The van der Waals surface area contributed by atoms with Crippen molar-refractivity contribution in [2.75, 3.05) is 12.4 Å². The van der Waals surface area contributed by atoms with Crippen molar-refractivity contribution in [3.63, 3.8) is 0 Å². The third-order valence-electron chi connectivity index (χ3n) is 3.09. The molecule has 0 aliphatic rings. The van der Waals surface area contributed by atoms with Gasteiger partial charge in [-0.25, -0.2) is 9.18 Å². The molecule has 0 fully saturated rings. The zero-order valence-corrected chi connectivity index (χ0v) is 11.5. The molecule has 2 N–H and O–H groups in total. The van der Waals surface area contributed by atoms with E-state index in [1.54, 1.807) is 6.07 Å². The summed E-state index contributed by atoms with van der Waals surface area (Å²) in [4.78, 5) is 11.3. The topological polar surface area (TPSA) is 58.6 Å². The maximum atomic E-state index is 13.9. The van der Waals surface area contributed by atoms with Gasteiger partial charge in [-0.3, -0.25) is 0 Å². The van der Waals surface area contributed by atoms with Gasteiger partial charge >= 0.3 is 5.97 Å². The van der Waals surface area contributed by atoms with Gasteiger partial charge in [-0.05, 0) is 17.7 Å². The number of carboxylic acids is 1. The fourth-order valence-corrected chi connectivity index (χ4v) is 1.98. The number of methoxy groups -OCH3 is 1. The Hall–Kier alpha value is -2.56. The van der Waals surface area contributed by atoms with Crippen molar-refractivity contribution in [2.24, 2.45) is 0 Å². The van der Waals surface area contributed by atoms with Crippen LogP contribution in [0.3, 0.4) is 0 Å². The number of benzene rings is 2. The van der Waals surface area contributed by atoms with Crippen LogP contribution in [-0.4, -0.2) is 24.2 Å². The van der Waals surface area contributed by atoms with Gasteiger partial charge < -0.3 is 15.2 Å². The highest BCUT2D eigenvalue weighted by molar-refractivity contribution is 5.77. The molecular weight excluding hydrogens is 273 g/mol. The first-order chi connectivity index (χ1) is 10.1. The van der Waals surface area contributed by atoms with Crippen molar-refractivity contribution in [1.29, 1.82) is 0 Å². The number of rotatable bonds is 6. The summed E-state index contributed by atoms with van der Waals surface area (Å²) in [5, 5.41) is 12.0. The number of nitrogens with one attached hydrogen (secondary N) is 1. The molecule has 1 atom stereocenters. The van der Waals surface area contributed by atoms with Crippen molar-refractivity contribution >= 4 is 11.7 Å². The van der Waals surface area contributed by atoms with Crippen molar-refractivity contribution < 1.29 is 19.0 Å². The van der Waals surface area contributed by atoms with E-state index in [0.717, 1.165) is 5.56 Å². The molecule has 0 heterocycles. The molecule has 0 bridgehead atoms. The lowest BCUT2D eigenvalue weighted by Crippen LogP contribution is -2.31. The van der Waals surface area contributed by atoms with E-state index in [9.17, 15) is 14.3 Å². The normalized spacial score (nSPS) is 11.7. The molecule has 0 saturated carbocycles. The monoisotopic (exact) mass is 289 g/mol. The fourth-order valence-electron chi connectivity index (χ4n) is 1.98. The van der Waals surface area contributed by atoms with Crippen LogP contribution >= 0.6 is 0 Å². The second-order valence-electron chi connectivity index (χ2n) is 4.57. The molecule has 0 aromatic heterocycles. The van der Waals surface area contributed by atoms with E-state index in [-0.39, 0.29) is 12.1 Å². The van der Waals surface area contributed by atoms with Gasteiger partial charge in [-0.1, -0.05) is 30.3 Å². The zero-order valence-electron chi connectivity index (χ0n) is 11.5. The summed E-state index contributed by atoms with van der Waals surface area (Å²) in [7, 11) is 1.44. The summed E-state index contributed by atoms with van der Waals surface area (Å²) in [6.07, 6.45) is 0.266. The molecule has 0 aliphatic carbocycles. The maximum absolute atomic E-state index is 13.9. The Morgan fingerprint density at radius 1 is 1.29 bits per heavy atom. The first kappa shape index (κ1) is 14.8. The van der Waals surface area contributed by atoms with Gasteiger partial charge in [0.25, 0.3) is 0 Å². The molecule has 0 amide bonds. The highest BCUT2D eigenvalue weighted by Crippen LogP contribution is 2.21. The first-order valence-corrected chi connectivity index (χ1v) is 6.47. The minimum absolute atomic E-state index is 0.138. The van der Waals surface area contributed by atoms with Crippen LogP contribution in [0.1, 0.15) is 5.56 Å². The summed E-state index contributed by atoms with van der Waals surface area (Å²) >= 11 is 0. The van der Waals surface area contributed by atoms with Crippen LogP contribution in [0.4, 0.5) is 10.1 Å². The van der Waals surface area contributed by atoms with Crippen molar-refractivity contribution in [2.45, 2.75) is 12.5 Å². The maximum Gasteiger partial charge on any atom is 0.326 e. The molecule has 4 nitrogen and oxygen atoms in total. The van der Waals surface area contributed by atoms with Gasteiger partial charge in [0.05, 0.1) is 12.8 Å². The first-order valence-electron chi connectivity index (χ1n) is 6.47. The molecule has 5 heteroatoms. The summed E-state index contributed by atoms with van der Waals surface area (Å²) in [6.45, 7) is 0. The van der Waals surface area contributed by atoms with Crippen LogP contribution in [0, 0.1) is 5.82 Å². The number of aliphatic carboxylic acids is 1. The summed E-state index contributed by atoms with van der Waals surface area (Å²) in [5.41, 5.74) is 1.01. The molecule has 0 saturated heterocycles. The minimum Gasteiger partial charge on any atom is -0.497 e. The van der Waals surface area contributed by atoms with Crippen molar-refractivity contribution in [3.8, 4) is 5.75 Å². The predicted molar refractivity (Wildman–Crippen MR) is 78.1 cm³/mol. The second-order valence-corrected chi connectivity index (χ2v) is 4.57. The number of hydrogen-bond acceptors (Lipinski definition) is 3. The average Bonchev–Trinajstić information content (AvgIpc) is 2.49. The Morgan fingerprint density at radius 3 is 2.57 bits per heavy atom. The van der Waals surface area contributed by atoms with E-state index in [1.165, 1.54) is 19.2 Å². The highest BCUT2D eigenvalue weighted by Gasteiger charge is 2.19. The number of anilines is 1. The van der Waals surface area contributed by atoms with Crippen LogP contribution in [0.15, 0.2) is 48.5 Å². The number of halogens is 1. The Balaban J connectivity index is 2.15. The van der Waals surface area contributed by atoms with Gasteiger partial charge in [0.15, 0.2) is 0 Å². The van der Waals surface area contributed by atoms with Crippen LogP contribution < -0.4 is 10.1 Å². The zero-order chi connectivity index (χ0) is 15.2. The summed E-state index contributed by atoms with van der Waals surface area (Å²) < 4.78 is 18.8. The smallest absolute Gasteiger partial charge is 0.326 e.